The minimum atomic E-state index is -0.885. The number of H-pyrrole nitrogens is 2. The Hall–Kier alpha value is -6.32. The fraction of sp³-hybridized carbons (Fsp3) is 0.415. The number of hydrogen-bond acceptors (Lipinski definition) is 10. The molecule has 2 fully saturated rings. The lowest BCUT2D eigenvalue weighted by atomic mass is 10.1. The Labute approximate surface area is 330 Å². The first-order valence-electron chi connectivity index (χ1n) is 19.4. The highest BCUT2D eigenvalue weighted by atomic mass is 16.6. The van der Waals surface area contributed by atoms with E-state index in [-0.39, 0.29) is 29.8 Å². The number of fused-ring (bicyclic) bond motifs is 1. The van der Waals surface area contributed by atoms with Gasteiger partial charge in [0.1, 0.15) is 17.7 Å². The third kappa shape index (κ3) is 8.16. The zero-order valence-electron chi connectivity index (χ0n) is 32.7. The first-order valence-corrected chi connectivity index (χ1v) is 19.4. The van der Waals surface area contributed by atoms with E-state index < -0.39 is 24.3 Å². The van der Waals surface area contributed by atoms with Gasteiger partial charge in [-0.1, -0.05) is 51.1 Å². The Morgan fingerprint density at radius 3 is 1.98 bits per heavy atom. The molecule has 0 radical (unpaired) electrons. The molecule has 0 saturated carbocycles. The third-order valence-electron chi connectivity index (χ3n) is 10.7. The van der Waals surface area contributed by atoms with E-state index in [0.29, 0.717) is 31.2 Å². The van der Waals surface area contributed by atoms with E-state index in [2.05, 4.69) is 30.6 Å². The van der Waals surface area contributed by atoms with Crippen molar-refractivity contribution < 1.29 is 28.7 Å². The van der Waals surface area contributed by atoms with Crippen LogP contribution in [-0.4, -0.2) is 103 Å². The van der Waals surface area contributed by atoms with Crippen molar-refractivity contribution in [3.05, 3.63) is 72.7 Å². The van der Waals surface area contributed by atoms with Crippen LogP contribution in [0, 0.1) is 5.92 Å². The second kappa shape index (κ2) is 16.8. The van der Waals surface area contributed by atoms with Crippen molar-refractivity contribution >= 4 is 35.0 Å². The molecule has 2 aliphatic heterocycles. The van der Waals surface area contributed by atoms with E-state index >= 15 is 0 Å². The molecule has 5 aromatic rings. The summed E-state index contributed by atoms with van der Waals surface area (Å²) in [4.78, 5) is 79.9. The monoisotopic (exact) mass is 776 g/mol. The van der Waals surface area contributed by atoms with Crippen LogP contribution >= 0.6 is 0 Å². The molecule has 3 aromatic heterocycles. The van der Waals surface area contributed by atoms with Crippen molar-refractivity contribution in [3.8, 4) is 33.8 Å². The number of amides is 4. The summed E-state index contributed by atoms with van der Waals surface area (Å²) in [6, 6.07) is 12.7. The number of ether oxygens (including phenoxy) is 2. The van der Waals surface area contributed by atoms with Crippen LogP contribution < -0.4 is 10.6 Å². The summed E-state index contributed by atoms with van der Waals surface area (Å²) < 4.78 is 10.1. The van der Waals surface area contributed by atoms with Crippen molar-refractivity contribution in [3.63, 3.8) is 0 Å². The van der Waals surface area contributed by atoms with Gasteiger partial charge in [-0.05, 0) is 55.7 Å². The first kappa shape index (κ1) is 38.9. The predicted molar refractivity (Wildman–Crippen MR) is 211 cm³/mol. The summed E-state index contributed by atoms with van der Waals surface area (Å²) >= 11 is 0. The van der Waals surface area contributed by atoms with Crippen LogP contribution in [0.2, 0.25) is 0 Å². The van der Waals surface area contributed by atoms with Crippen LogP contribution in [0.5, 0.6) is 0 Å². The first-order chi connectivity index (χ1) is 27.6. The molecule has 7 rings (SSSR count). The molecule has 1 unspecified atom stereocenters. The zero-order valence-corrected chi connectivity index (χ0v) is 32.7. The normalized spacial score (nSPS) is 17.8. The standard InChI is InChI=1S/C41H48N10O6/c1-6-27(49-41(55)56-5)38(52)50-17-7-9-33(50)36-45-22-32(48-36)26-15-16-28-29(19-26)43-20-30(46-28)24-11-13-25(14-12-24)31-21-44-37(47-31)34-10-8-18-51(34)39(53)35(23(2)3)57-40(54)42-4/h11-16,19-23,27,33-35H,6-10,17-18H2,1-5H3,(H,42,54)(H,44,47)(H,45,48)(H,49,55)/t27-,33+,34?,35+/m1/s1. The van der Waals surface area contributed by atoms with E-state index in [4.69, 9.17) is 19.4 Å². The van der Waals surface area contributed by atoms with Crippen molar-refractivity contribution in [2.45, 2.75) is 77.1 Å². The number of aromatic nitrogens is 6. The van der Waals surface area contributed by atoms with Gasteiger partial charge in [-0.15, -0.1) is 0 Å². The summed E-state index contributed by atoms with van der Waals surface area (Å²) in [6.45, 7) is 6.72. The highest BCUT2D eigenvalue weighted by Crippen LogP contribution is 2.35. The van der Waals surface area contributed by atoms with Crippen molar-refractivity contribution in [2.75, 3.05) is 27.2 Å². The molecule has 2 saturated heterocycles. The number of hydrogen-bond donors (Lipinski definition) is 4. The number of carbonyl (C=O) groups is 4. The van der Waals surface area contributed by atoms with Gasteiger partial charge in [-0.25, -0.2) is 24.5 Å². The Balaban J connectivity index is 1.02. The topological polar surface area (TPSA) is 200 Å². The lowest BCUT2D eigenvalue weighted by Crippen LogP contribution is -2.48. The minimum Gasteiger partial charge on any atom is -0.453 e. The van der Waals surface area contributed by atoms with Gasteiger partial charge in [0.05, 0.1) is 65.9 Å². The average Bonchev–Trinajstić information content (AvgIpc) is 4.07. The number of carbonyl (C=O) groups excluding carboxylic acids is 4. The second-order valence-corrected chi connectivity index (χ2v) is 14.7. The van der Waals surface area contributed by atoms with Gasteiger partial charge in [0.25, 0.3) is 5.91 Å². The van der Waals surface area contributed by atoms with Crippen molar-refractivity contribution in [1.29, 1.82) is 0 Å². The number of imidazole rings is 2. The molecule has 0 bridgehead atoms. The number of alkyl carbamates (subject to hydrolysis) is 2. The van der Waals surface area contributed by atoms with Gasteiger partial charge in [0.15, 0.2) is 6.10 Å². The fourth-order valence-corrected chi connectivity index (χ4v) is 7.62. The summed E-state index contributed by atoms with van der Waals surface area (Å²) in [5, 5.41) is 5.07. The quantitative estimate of drug-likeness (QED) is 0.125. The number of likely N-dealkylation sites (tertiary alicyclic amines) is 2. The number of nitrogens with one attached hydrogen (secondary N) is 4. The number of rotatable bonds is 11. The Bertz CT molecular complexity index is 2250. The maximum absolute atomic E-state index is 13.5. The summed E-state index contributed by atoms with van der Waals surface area (Å²) in [5.74, 6) is 0.829. The number of nitrogens with zero attached hydrogens (tertiary/aromatic N) is 6. The smallest absolute Gasteiger partial charge is 0.407 e. The molecular weight excluding hydrogens is 729 g/mol. The Morgan fingerprint density at radius 1 is 0.789 bits per heavy atom. The SMILES string of the molecule is CC[C@@H](NC(=O)OC)C(=O)N1CCC[C@H]1c1ncc(-c2ccc3nc(-c4ccc(-c5cnc(C6CCCN6C(=O)[C@@H](OC(=O)NC)C(C)C)[nH]5)cc4)cnc3c2)[nH]1. The molecule has 16 nitrogen and oxygen atoms in total. The average molecular weight is 777 g/mol. The maximum atomic E-state index is 13.5. The molecule has 2 aromatic carbocycles. The third-order valence-corrected chi connectivity index (χ3v) is 10.7. The largest absolute Gasteiger partial charge is 0.453 e. The number of benzene rings is 2. The maximum Gasteiger partial charge on any atom is 0.407 e. The molecule has 4 N–H and O–H groups in total. The van der Waals surface area contributed by atoms with Crippen LogP contribution in [0.25, 0.3) is 44.8 Å². The van der Waals surface area contributed by atoms with Gasteiger partial charge in [-0.2, -0.15) is 0 Å². The van der Waals surface area contributed by atoms with Gasteiger partial charge in [0, 0.05) is 31.3 Å². The highest BCUT2D eigenvalue weighted by molar-refractivity contribution is 5.87. The molecule has 4 atom stereocenters. The fourth-order valence-electron chi connectivity index (χ4n) is 7.62. The molecule has 0 aliphatic carbocycles. The van der Waals surface area contributed by atoms with Crippen LogP contribution in [0.4, 0.5) is 9.59 Å². The molecular formula is C41H48N10O6. The summed E-state index contributed by atoms with van der Waals surface area (Å²) in [6.07, 6.45) is 6.79. The molecule has 0 spiro atoms. The Morgan fingerprint density at radius 2 is 1.39 bits per heavy atom. The number of methoxy groups -OCH3 is 1. The van der Waals surface area contributed by atoms with Gasteiger partial charge in [0.2, 0.25) is 5.91 Å². The summed E-state index contributed by atoms with van der Waals surface area (Å²) in [5.41, 5.74) is 6.55. The van der Waals surface area contributed by atoms with E-state index in [1.807, 2.05) is 63.2 Å². The van der Waals surface area contributed by atoms with Crippen LogP contribution in [0.3, 0.4) is 0 Å². The number of aromatic amines is 2. The van der Waals surface area contributed by atoms with Gasteiger partial charge in [-0.3, -0.25) is 14.6 Å². The van der Waals surface area contributed by atoms with E-state index in [9.17, 15) is 19.2 Å². The van der Waals surface area contributed by atoms with Gasteiger partial charge < -0.3 is 39.9 Å². The van der Waals surface area contributed by atoms with Gasteiger partial charge >= 0.3 is 12.2 Å². The van der Waals surface area contributed by atoms with Crippen molar-refractivity contribution in [2.24, 2.45) is 5.92 Å². The minimum absolute atomic E-state index is 0.154. The molecule has 16 heteroatoms. The van der Waals surface area contributed by atoms with E-state index in [1.165, 1.54) is 14.2 Å². The summed E-state index contributed by atoms with van der Waals surface area (Å²) in [7, 11) is 2.75. The lowest BCUT2D eigenvalue weighted by molar-refractivity contribution is -0.143. The predicted octanol–water partition coefficient (Wildman–Crippen LogP) is 5.92. The zero-order chi connectivity index (χ0) is 40.2. The second-order valence-electron chi connectivity index (χ2n) is 14.7. The van der Waals surface area contributed by atoms with E-state index in [1.54, 1.807) is 28.4 Å². The van der Waals surface area contributed by atoms with Crippen LogP contribution in [0.1, 0.15) is 76.6 Å². The molecule has 57 heavy (non-hydrogen) atoms. The molecule has 4 amide bonds. The molecule has 5 heterocycles. The van der Waals surface area contributed by atoms with Crippen LogP contribution in [-0.2, 0) is 19.1 Å². The lowest BCUT2D eigenvalue weighted by Gasteiger charge is -2.29. The van der Waals surface area contributed by atoms with E-state index in [0.717, 1.165) is 70.5 Å². The van der Waals surface area contributed by atoms with Crippen molar-refractivity contribution in [1.82, 2.24) is 50.3 Å². The molecule has 2 aliphatic rings. The molecule has 298 valence electrons. The van der Waals surface area contributed by atoms with Crippen LogP contribution in [0.15, 0.2) is 61.1 Å². The Kier molecular flexibility index (Phi) is 11.5. The highest BCUT2D eigenvalue weighted by Gasteiger charge is 2.39.